The van der Waals surface area contributed by atoms with Crippen molar-refractivity contribution in [1.82, 2.24) is 10.2 Å². The van der Waals surface area contributed by atoms with E-state index in [1.807, 2.05) is 6.92 Å². The molecule has 128 valence electrons. The van der Waals surface area contributed by atoms with E-state index < -0.39 is 23.5 Å². The zero-order valence-electron chi connectivity index (χ0n) is 12.9. The molecule has 0 aromatic heterocycles. The fraction of sp³-hybridized carbons (Fsp3) is 0.562. The number of nitrogens with zero attached hydrogens (tertiary/aromatic N) is 1. The lowest BCUT2D eigenvalue weighted by Gasteiger charge is -2.34. The number of carbonyl (C=O) groups is 1. The number of piperidine rings is 1. The van der Waals surface area contributed by atoms with Crippen molar-refractivity contribution in [3.8, 4) is 0 Å². The number of alkyl halides is 3. The van der Waals surface area contributed by atoms with Crippen LogP contribution >= 0.6 is 0 Å². The average molecular weight is 332 g/mol. The summed E-state index contributed by atoms with van der Waals surface area (Å²) in [5.74, 6) is -1.59. The number of nitrogens with one attached hydrogen (secondary N) is 1. The molecule has 0 unspecified atom stereocenters. The standard InChI is InChI=1S/C16H20F4N2O/c1-2-7-22(14-3-5-21-6-4-14)15(23)11-8-12(16(18,19)20)10-13(17)9-11/h8-10,14,21H,2-7H2,1H3. The highest BCUT2D eigenvalue weighted by molar-refractivity contribution is 5.94. The van der Waals surface area contributed by atoms with Crippen molar-refractivity contribution in [2.75, 3.05) is 19.6 Å². The van der Waals surface area contributed by atoms with Gasteiger partial charge in [0.1, 0.15) is 5.82 Å². The highest BCUT2D eigenvalue weighted by Crippen LogP contribution is 2.31. The number of benzene rings is 1. The molecule has 0 atom stereocenters. The Labute approximate surface area is 132 Å². The molecule has 1 heterocycles. The van der Waals surface area contributed by atoms with Gasteiger partial charge in [0.25, 0.3) is 5.91 Å². The Morgan fingerprint density at radius 1 is 1.26 bits per heavy atom. The van der Waals surface area contributed by atoms with Gasteiger partial charge in [0.2, 0.25) is 0 Å². The Hall–Kier alpha value is -1.63. The van der Waals surface area contributed by atoms with Gasteiger partial charge in [0.15, 0.2) is 0 Å². The molecule has 2 rings (SSSR count). The lowest BCUT2D eigenvalue weighted by molar-refractivity contribution is -0.137. The first-order valence-corrected chi connectivity index (χ1v) is 7.72. The SMILES string of the molecule is CCCN(C(=O)c1cc(F)cc(C(F)(F)F)c1)C1CCNCC1. The number of rotatable bonds is 4. The van der Waals surface area contributed by atoms with Crippen LogP contribution in [0.1, 0.15) is 42.1 Å². The Bertz CT molecular complexity index is 554. The van der Waals surface area contributed by atoms with Crippen LogP contribution < -0.4 is 5.32 Å². The maximum Gasteiger partial charge on any atom is 0.416 e. The van der Waals surface area contributed by atoms with Gasteiger partial charge in [-0.1, -0.05) is 6.92 Å². The lowest BCUT2D eigenvalue weighted by atomic mass is 10.0. The molecule has 1 saturated heterocycles. The van der Waals surface area contributed by atoms with E-state index in [0.717, 1.165) is 38.1 Å². The highest BCUT2D eigenvalue weighted by atomic mass is 19.4. The van der Waals surface area contributed by atoms with Crippen molar-refractivity contribution in [3.63, 3.8) is 0 Å². The van der Waals surface area contributed by atoms with E-state index in [-0.39, 0.29) is 11.6 Å². The zero-order valence-corrected chi connectivity index (χ0v) is 12.9. The third kappa shape index (κ3) is 4.43. The van der Waals surface area contributed by atoms with Crippen LogP contribution in [0.4, 0.5) is 17.6 Å². The van der Waals surface area contributed by atoms with E-state index in [9.17, 15) is 22.4 Å². The van der Waals surface area contributed by atoms with Crippen LogP contribution in [0.5, 0.6) is 0 Å². The summed E-state index contributed by atoms with van der Waals surface area (Å²) in [6.45, 7) is 3.86. The van der Waals surface area contributed by atoms with E-state index in [0.29, 0.717) is 19.0 Å². The minimum Gasteiger partial charge on any atom is -0.336 e. The maximum atomic E-state index is 13.5. The van der Waals surface area contributed by atoms with Gasteiger partial charge in [0.05, 0.1) is 5.56 Å². The predicted molar refractivity (Wildman–Crippen MR) is 78.6 cm³/mol. The van der Waals surface area contributed by atoms with Gasteiger partial charge < -0.3 is 10.2 Å². The first kappa shape index (κ1) is 17.7. The van der Waals surface area contributed by atoms with E-state index in [1.54, 1.807) is 4.90 Å². The summed E-state index contributed by atoms with van der Waals surface area (Å²) >= 11 is 0. The molecule has 1 aromatic rings. The Morgan fingerprint density at radius 2 is 1.91 bits per heavy atom. The molecule has 23 heavy (non-hydrogen) atoms. The quantitative estimate of drug-likeness (QED) is 0.857. The zero-order chi connectivity index (χ0) is 17.0. The van der Waals surface area contributed by atoms with Crippen molar-refractivity contribution in [3.05, 3.63) is 35.1 Å². The summed E-state index contributed by atoms with van der Waals surface area (Å²) in [6, 6.07) is 1.99. The van der Waals surface area contributed by atoms with Crippen LogP contribution in [0.25, 0.3) is 0 Å². The molecule has 1 aromatic carbocycles. The normalized spacial score (nSPS) is 16.4. The molecule has 1 aliphatic heterocycles. The smallest absolute Gasteiger partial charge is 0.336 e. The summed E-state index contributed by atoms with van der Waals surface area (Å²) in [6.07, 6.45) is -2.50. The molecule has 0 aliphatic carbocycles. The lowest BCUT2D eigenvalue weighted by Crippen LogP contribution is -2.46. The fourth-order valence-electron chi connectivity index (χ4n) is 2.85. The number of carbonyl (C=O) groups excluding carboxylic acids is 1. The molecule has 0 bridgehead atoms. The third-order valence-electron chi connectivity index (χ3n) is 3.95. The van der Waals surface area contributed by atoms with Crippen molar-refractivity contribution in [2.45, 2.75) is 38.4 Å². The average Bonchev–Trinajstić information content (AvgIpc) is 2.51. The summed E-state index contributed by atoms with van der Waals surface area (Å²) in [5, 5.41) is 3.18. The van der Waals surface area contributed by atoms with Gasteiger partial charge in [-0.25, -0.2) is 4.39 Å². The minimum absolute atomic E-state index is 0.0266. The molecule has 1 amide bonds. The second kappa shape index (κ2) is 7.29. The van der Waals surface area contributed by atoms with Crippen LogP contribution in [0.2, 0.25) is 0 Å². The van der Waals surface area contributed by atoms with E-state index in [4.69, 9.17) is 0 Å². The summed E-state index contributed by atoms with van der Waals surface area (Å²) in [5.41, 5.74) is -1.38. The van der Waals surface area contributed by atoms with Crippen LogP contribution in [0.3, 0.4) is 0 Å². The van der Waals surface area contributed by atoms with Gasteiger partial charge in [-0.2, -0.15) is 13.2 Å². The minimum atomic E-state index is -4.68. The third-order valence-corrected chi connectivity index (χ3v) is 3.95. The Kier molecular flexibility index (Phi) is 5.62. The van der Waals surface area contributed by atoms with Gasteiger partial charge in [0, 0.05) is 18.2 Å². The second-order valence-electron chi connectivity index (χ2n) is 5.71. The molecule has 0 saturated carbocycles. The predicted octanol–water partition coefficient (Wildman–Crippen LogP) is 3.45. The van der Waals surface area contributed by atoms with Gasteiger partial charge >= 0.3 is 6.18 Å². The van der Waals surface area contributed by atoms with Gasteiger partial charge in [-0.05, 0) is 50.6 Å². The number of halogens is 4. The number of amides is 1. The molecular formula is C16H20F4N2O. The van der Waals surface area contributed by atoms with Gasteiger partial charge in [-0.15, -0.1) is 0 Å². The fourth-order valence-corrected chi connectivity index (χ4v) is 2.85. The topological polar surface area (TPSA) is 32.3 Å². The molecular weight excluding hydrogens is 312 g/mol. The monoisotopic (exact) mass is 332 g/mol. The van der Waals surface area contributed by atoms with E-state index >= 15 is 0 Å². The summed E-state index contributed by atoms with van der Waals surface area (Å²) in [4.78, 5) is 14.2. The first-order chi connectivity index (χ1) is 10.8. The highest BCUT2D eigenvalue weighted by Gasteiger charge is 2.33. The summed E-state index contributed by atoms with van der Waals surface area (Å²) in [7, 11) is 0. The van der Waals surface area contributed by atoms with Crippen LogP contribution in [-0.2, 0) is 6.18 Å². The van der Waals surface area contributed by atoms with E-state index in [2.05, 4.69) is 5.32 Å². The number of hydrogen-bond donors (Lipinski definition) is 1. The molecule has 3 nitrogen and oxygen atoms in total. The first-order valence-electron chi connectivity index (χ1n) is 7.72. The Morgan fingerprint density at radius 3 is 2.48 bits per heavy atom. The van der Waals surface area contributed by atoms with Crippen LogP contribution in [-0.4, -0.2) is 36.5 Å². The van der Waals surface area contributed by atoms with E-state index in [1.165, 1.54) is 0 Å². The number of hydrogen-bond acceptors (Lipinski definition) is 2. The largest absolute Gasteiger partial charge is 0.416 e. The van der Waals surface area contributed by atoms with Crippen molar-refractivity contribution >= 4 is 5.91 Å². The summed E-state index contributed by atoms with van der Waals surface area (Å²) < 4.78 is 52.0. The maximum absolute atomic E-state index is 13.5. The van der Waals surface area contributed by atoms with Crippen molar-refractivity contribution in [2.24, 2.45) is 0 Å². The molecule has 0 radical (unpaired) electrons. The van der Waals surface area contributed by atoms with Crippen molar-refractivity contribution in [1.29, 1.82) is 0 Å². The molecule has 7 heteroatoms. The Balaban J connectivity index is 2.30. The molecule has 1 N–H and O–H groups in total. The van der Waals surface area contributed by atoms with Crippen LogP contribution in [0, 0.1) is 5.82 Å². The second-order valence-corrected chi connectivity index (χ2v) is 5.71. The molecule has 1 fully saturated rings. The molecule has 0 spiro atoms. The van der Waals surface area contributed by atoms with Crippen molar-refractivity contribution < 1.29 is 22.4 Å². The molecule has 1 aliphatic rings. The van der Waals surface area contributed by atoms with Crippen LogP contribution in [0.15, 0.2) is 18.2 Å². The van der Waals surface area contributed by atoms with Gasteiger partial charge in [-0.3, -0.25) is 4.79 Å².